The third kappa shape index (κ3) is 2.73. The van der Waals surface area contributed by atoms with Crippen molar-refractivity contribution in [3.63, 3.8) is 0 Å². The van der Waals surface area contributed by atoms with E-state index in [1.165, 1.54) is 6.07 Å². The molecule has 0 heterocycles. The highest BCUT2D eigenvalue weighted by molar-refractivity contribution is 5.23. The Hall–Kier alpha value is -1.00. The first kappa shape index (κ1) is 12.1. The van der Waals surface area contributed by atoms with Crippen LogP contribution in [-0.2, 0) is 0 Å². The Bertz CT molecular complexity index is 310. The summed E-state index contributed by atoms with van der Waals surface area (Å²) in [4.78, 5) is 0. The number of hydrogen-bond acceptors (Lipinski definition) is 2. The number of benzene rings is 1. The van der Waals surface area contributed by atoms with Crippen molar-refractivity contribution >= 4 is 0 Å². The molecule has 3 N–H and O–H groups in total. The Balaban J connectivity index is 2.94. The zero-order valence-electron chi connectivity index (χ0n) is 8.58. The number of halogens is 2. The van der Waals surface area contributed by atoms with E-state index in [1.807, 2.05) is 6.92 Å². The summed E-state index contributed by atoms with van der Waals surface area (Å²) in [6, 6.07) is 2.53. The van der Waals surface area contributed by atoms with E-state index < -0.39 is 23.8 Å². The van der Waals surface area contributed by atoms with Crippen molar-refractivity contribution in [2.24, 2.45) is 5.73 Å². The van der Waals surface area contributed by atoms with Gasteiger partial charge < -0.3 is 10.8 Å². The summed E-state index contributed by atoms with van der Waals surface area (Å²) >= 11 is 0. The van der Waals surface area contributed by atoms with Gasteiger partial charge in [0.15, 0.2) is 0 Å². The van der Waals surface area contributed by atoms with Crippen molar-refractivity contribution in [3.8, 4) is 0 Å². The molecule has 15 heavy (non-hydrogen) atoms. The third-order valence-corrected chi connectivity index (χ3v) is 2.33. The van der Waals surface area contributed by atoms with Crippen molar-refractivity contribution in [1.29, 1.82) is 0 Å². The monoisotopic (exact) mass is 215 g/mol. The molecule has 2 atom stereocenters. The zero-order valence-corrected chi connectivity index (χ0v) is 8.58. The average Bonchev–Trinajstić information content (AvgIpc) is 2.17. The Morgan fingerprint density at radius 2 is 1.87 bits per heavy atom. The van der Waals surface area contributed by atoms with Gasteiger partial charge in [-0.15, -0.1) is 0 Å². The molecule has 0 aliphatic rings. The fourth-order valence-corrected chi connectivity index (χ4v) is 1.50. The summed E-state index contributed by atoms with van der Waals surface area (Å²) in [6.45, 7) is 1.87. The van der Waals surface area contributed by atoms with Crippen LogP contribution in [0.25, 0.3) is 0 Å². The minimum absolute atomic E-state index is 0.238. The Labute approximate surface area is 87.7 Å². The first-order chi connectivity index (χ1) is 7.07. The highest BCUT2D eigenvalue weighted by atomic mass is 19.1. The Kier molecular flexibility index (Phi) is 4.17. The molecule has 1 aromatic carbocycles. The molecular formula is C11H15F2NO. The zero-order chi connectivity index (χ0) is 11.4. The van der Waals surface area contributed by atoms with Crippen molar-refractivity contribution in [3.05, 3.63) is 35.4 Å². The van der Waals surface area contributed by atoms with Crippen LogP contribution in [0.2, 0.25) is 0 Å². The molecule has 1 aromatic rings. The summed E-state index contributed by atoms with van der Waals surface area (Å²) < 4.78 is 26.5. The van der Waals surface area contributed by atoms with Gasteiger partial charge in [-0.05, 0) is 18.6 Å². The lowest BCUT2D eigenvalue weighted by Crippen LogP contribution is -2.27. The molecule has 0 saturated carbocycles. The molecule has 2 nitrogen and oxygen atoms in total. The number of rotatable bonds is 4. The third-order valence-electron chi connectivity index (χ3n) is 2.33. The van der Waals surface area contributed by atoms with E-state index in [9.17, 15) is 13.9 Å². The maximum absolute atomic E-state index is 13.3. The second-order valence-corrected chi connectivity index (χ2v) is 3.52. The number of nitrogens with two attached hydrogens (primary N) is 1. The summed E-state index contributed by atoms with van der Waals surface area (Å²) in [7, 11) is 0. The predicted molar refractivity (Wildman–Crippen MR) is 54.2 cm³/mol. The van der Waals surface area contributed by atoms with Gasteiger partial charge in [-0.2, -0.15) is 0 Å². The van der Waals surface area contributed by atoms with Crippen molar-refractivity contribution in [1.82, 2.24) is 0 Å². The molecule has 0 saturated heterocycles. The fourth-order valence-electron chi connectivity index (χ4n) is 1.50. The number of hydrogen-bond donors (Lipinski definition) is 2. The van der Waals surface area contributed by atoms with Gasteiger partial charge in [-0.25, -0.2) is 8.78 Å². The van der Waals surface area contributed by atoms with Crippen LogP contribution in [0.1, 0.15) is 31.4 Å². The first-order valence-electron chi connectivity index (χ1n) is 4.95. The lowest BCUT2D eigenvalue weighted by molar-refractivity contribution is 0.131. The largest absolute Gasteiger partial charge is 0.391 e. The van der Waals surface area contributed by atoms with Crippen LogP contribution in [0.4, 0.5) is 8.78 Å². The van der Waals surface area contributed by atoms with Crippen LogP contribution in [0.5, 0.6) is 0 Å². The summed E-state index contributed by atoms with van der Waals surface area (Å²) in [5, 5.41) is 9.56. The lowest BCUT2D eigenvalue weighted by atomic mass is 9.98. The van der Waals surface area contributed by atoms with E-state index in [1.54, 1.807) is 0 Å². The van der Waals surface area contributed by atoms with Gasteiger partial charge in [0.05, 0.1) is 12.1 Å². The molecule has 0 bridgehead atoms. The van der Waals surface area contributed by atoms with Gasteiger partial charge in [-0.3, -0.25) is 0 Å². The van der Waals surface area contributed by atoms with Gasteiger partial charge in [0, 0.05) is 5.56 Å². The summed E-state index contributed by atoms with van der Waals surface area (Å²) in [5.74, 6) is -1.42. The maximum Gasteiger partial charge on any atom is 0.131 e. The molecule has 0 aliphatic heterocycles. The molecule has 4 heteroatoms. The van der Waals surface area contributed by atoms with Crippen molar-refractivity contribution in [2.75, 3.05) is 0 Å². The van der Waals surface area contributed by atoms with Gasteiger partial charge in [0.1, 0.15) is 11.6 Å². The smallest absolute Gasteiger partial charge is 0.131 e. The summed E-state index contributed by atoms with van der Waals surface area (Å²) in [6.07, 6.45) is 0.223. The molecule has 1 rings (SSSR count). The van der Waals surface area contributed by atoms with E-state index in [0.29, 0.717) is 12.8 Å². The fraction of sp³-hybridized carbons (Fsp3) is 0.455. The molecule has 0 fully saturated rings. The highest BCUT2D eigenvalue weighted by Crippen LogP contribution is 2.23. The van der Waals surface area contributed by atoms with Crippen molar-refractivity contribution in [2.45, 2.75) is 31.9 Å². The van der Waals surface area contributed by atoms with Gasteiger partial charge in [0.25, 0.3) is 0 Å². The molecule has 0 radical (unpaired) electrons. The van der Waals surface area contributed by atoms with Crippen LogP contribution in [0, 0.1) is 11.6 Å². The van der Waals surface area contributed by atoms with Gasteiger partial charge in [-0.1, -0.05) is 19.4 Å². The van der Waals surface area contributed by atoms with E-state index in [4.69, 9.17) is 5.73 Å². The quantitative estimate of drug-likeness (QED) is 0.808. The highest BCUT2D eigenvalue weighted by Gasteiger charge is 2.22. The van der Waals surface area contributed by atoms with Crippen LogP contribution in [-0.4, -0.2) is 11.2 Å². The normalized spacial score (nSPS) is 15.0. The predicted octanol–water partition coefficient (Wildman–Crippen LogP) is 2.13. The molecular weight excluding hydrogens is 200 g/mol. The molecule has 0 amide bonds. The van der Waals surface area contributed by atoms with Crippen molar-refractivity contribution < 1.29 is 13.9 Å². The molecule has 84 valence electrons. The molecule has 0 aliphatic carbocycles. The molecule has 0 aromatic heterocycles. The minimum Gasteiger partial charge on any atom is -0.391 e. The number of aliphatic hydroxyl groups excluding tert-OH is 1. The first-order valence-corrected chi connectivity index (χ1v) is 4.95. The van der Waals surface area contributed by atoms with E-state index >= 15 is 0 Å². The number of aliphatic hydroxyl groups is 1. The van der Waals surface area contributed by atoms with Gasteiger partial charge in [0.2, 0.25) is 0 Å². The second-order valence-electron chi connectivity index (χ2n) is 3.52. The lowest BCUT2D eigenvalue weighted by Gasteiger charge is -2.19. The Morgan fingerprint density at radius 1 is 1.33 bits per heavy atom. The topological polar surface area (TPSA) is 46.2 Å². The Morgan fingerprint density at radius 3 is 2.33 bits per heavy atom. The van der Waals surface area contributed by atoms with Crippen LogP contribution in [0.15, 0.2) is 18.2 Å². The minimum atomic E-state index is -1.01. The van der Waals surface area contributed by atoms with E-state index in [0.717, 1.165) is 12.1 Å². The SMILES string of the molecule is CCC[C@@H](O)[C@@H](N)c1c(F)cccc1F. The second kappa shape index (κ2) is 5.19. The average molecular weight is 215 g/mol. The van der Waals surface area contributed by atoms with E-state index in [-0.39, 0.29) is 5.56 Å². The van der Waals surface area contributed by atoms with Crippen LogP contribution >= 0.6 is 0 Å². The van der Waals surface area contributed by atoms with E-state index in [2.05, 4.69) is 0 Å². The molecule has 0 spiro atoms. The standard InChI is InChI=1S/C11H15F2NO/c1-2-4-9(15)11(14)10-7(12)5-3-6-8(10)13/h3,5-6,9,11,15H,2,4,14H2,1H3/t9-,11-/m1/s1. The van der Waals surface area contributed by atoms with Crippen LogP contribution in [0.3, 0.4) is 0 Å². The molecule has 0 unspecified atom stereocenters. The van der Waals surface area contributed by atoms with Crippen LogP contribution < -0.4 is 5.73 Å². The summed E-state index contributed by atoms with van der Waals surface area (Å²) in [5.41, 5.74) is 5.36. The maximum atomic E-state index is 13.3. The van der Waals surface area contributed by atoms with Gasteiger partial charge >= 0.3 is 0 Å².